The molecule has 0 aliphatic rings. The van der Waals surface area contributed by atoms with Crippen LogP contribution in [-0.4, -0.2) is 24.1 Å². The highest BCUT2D eigenvalue weighted by Crippen LogP contribution is 2.38. The van der Waals surface area contributed by atoms with E-state index in [4.69, 9.17) is 32.5 Å². The Labute approximate surface area is 167 Å². The van der Waals surface area contributed by atoms with E-state index in [0.717, 1.165) is 19.2 Å². The second-order valence-corrected chi connectivity index (χ2v) is 6.22. The smallest absolute Gasteiger partial charge is 0.345 e. The molecule has 28 heavy (non-hydrogen) atoms. The van der Waals surface area contributed by atoms with Crippen LogP contribution in [0.15, 0.2) is 40.9 Å². The summed E-state index contributed by atoms with van der Waals surface area (Å²) in [6, 6.07) is 7.03. The third-order valence-electron chi connectivity index (χ3n) is 3.68. The van der Waals surface area contributed by atoms with Gasteiger partial charge in [-0.05, 0) is 24.3 Å². The molecule has 3 rings (SSSR count). The minimum absolute atomic E-state index is 0.0719. The molecule has 1 N–H and O–H groups in total. The number of benzene rings is 2. The molecule has 0 fully saturated rings. The lowest BCUT2D eigenvalue weighted by Gasteiger charge is -2.07. The van der Waals surface area contributed by atoms with Crippen molar-refractivity contribution in [2.24, 2.45) is 0 Å². The SMILES string of the molecule is COC(=O)c1c(-c2c(Cl)cccc2Cl)noc1NC(=O)c1ccc(F)cc1F. The number of methoxy groups -OCH3 is 1. The van der Waals surface area contributed by atoms with Crippen LogP contribution in [0.4, 0.5) is 14.7 Å². The first-order valence-corrected chi connectivity index (χ1v) is 8.37. The van der Waals surface area contributed by atoms with Crippen molar-refractivity contribution in [3.8, 4) is 11.3 Å². The predicted molar refractivity (Wildman–Crippen MR) is 97.6 cm³/mol. The first-order valence-electron chi connectivity index (χ1n) is 7.62. The van der Waals surface area contributed by atoms with Crippen molar-refractivity contribution < 1.29 is 27.6 Å². The van der Waals surface area contributed by atoms with Crippen LogP contribution in [0, 0.1) is 11.6 Å². The van der Waals surface area contributed by atoms with E-state index < -0.39 is 35.0 Å². The maximum atomic E-state index is 13.8. The normalized spacial score (nSPS) is 10.6. The van der Waals surface area contributed by atoms with Gasteiger partial charge in [-0.25, -0.2) is 13.6 Å². The zero-order valence-electron chi connectivity index (χ0n) is 14.1. The number of carbonyl (C=O) groups excluding carboxylic acids is 2. The first kappa shape index (κ1) is 19.8. The van der Waals surface area contributed by atoms with Gasteiger partial charge < -0.3 is 9.26 Å². The Hall–Kier alpha value is -2.97. The average molecular weight is 427 g/mol. The van der Waals surface area contributed by atoms with Gasteiger partial charge in [0.1, 0.15) is 17.3 Å². The van der Waals surface area contributed by atoms with Crippen molar-refractivity contribution in [3.63, 3.8) is 0 Å². The third kappa shape index (κ3) is 3.69. The average Bonchev–Trinajstić information content (AvgIpc) is 3.04. The fourth-order valence-electron chi connectivity index (χ4n) is 2.41. The summed E-state index contributed by atoms with van der Waals surface area (Å²) in [4.78, 5) is 24.6. The Bertz CT molecular complexity index is 1070. The standard InChI is InChI=1S/C18H10Cl2F2N2O4/c1-27-18(26)14-15(13-10(19)3-2-4-11(13)20)24-28-17(14)23-16(25)9-6-5-8(21)7-12(9)22/h2-7H,1H3,(H,23,25). The fourth-order valence-corrected chi connectivity index (χ4v) is 2.98. The lowest BCUT2D eigenvalue weighted by Crippen LogP contribution is -2.16. The van der Waals surface area contributed by atoms with Crippen molar-refractivity contribution in [1.29, 1.82) is 0 Å². The molecule has 10 heteroatoms. The molecular weight excluding hydrogens is 417 g/mol. The summed E-state index contributed by atoms with van der Waals surface area (Å²) in [6.07, 6.45) is 0. The molecule has 0 aliphatic heterocycles. The summed E-state index contributed by atoms with van der Waals surface area (Å²) in [5, 5.41) is 6.31. The van der Waals surface area contributed by atoms with Crippen LogP contribution in [-0.2, 0) is 4.74 Å². The van der Waals surface area contributed by atoms with E-state index in [0.29, 0.717) is 6.07 Å². The Balaban J connectivity index is 2.06. The van der Waals surface area contributed by atoms with Gasteiger partial charge in [0.15, 0.2) is 5.56 Å². The molecule has 1 amide bonds. The zero-order chi connectivity index (χ0) is 20.4. The number of carbonyl (C=O) groups is 2. The molecule has 0 radical (unpaired) electrons. The number of ether oxygens (including phenoxy) is 1. The van der Waals surface area contributed by atoms with Crippen molar-refractivity contribution in [2.75, 3.05) is 12.4 Å². The Morgan fingerprint density at radius 3 is 2.43 bits per heavy atom. The quantitative estimate of drug-likeness (QED) is 0.595. The van der Waals surface area contributed by atoms with E-state index in [9.17, 15) is 18.4 Å². The molecule has 1 aromatic heterocycles. The number of nitrogens with zero attached hydrogens (tertiary/aromatic N) is 1. The summed E-state index contributed by atoms with van der Waals surface area (Å²) in [5.74, 6) is -4.24. The van der Waals surface area contributed by atoms with Gasteiger partial charge in [0, 0.05) is 11.6 Å². The lowest BCUT2D eigenvalue weighted by atomic mass is 10.1. The highest BCUT2D eigenvalue weighted by atomic mass is 35.5. The Morgan fingerprint density at radius 2 is 1.82 bits per heavy atom. The fraction of sp³-hybridized carbons (Fsp3) is 0.0556. The maximum absolute atomic E-state index is 13.8. The van der Waals surface area contributed by atoms with E-state index in [1.165, 1.54) is 12.1 Å². The number of anilines is 1. The van der Waals surface area contributed by atoms with Crippen LogP contribution in [0.1, 0.15) is 20.7 Å². The van der Waals surface area contributed by atoms with Crippen LogP contribution < -0.4 is 5.32 Å². The molecule has 2 aromatic carbocycles. The summed E-state index contributed by atoms with van der Waals surface area (Å²) in [5.41, 5.74) is -0.625. The van der Waals surface area contributed by atoms with Gasteiger partial charge in [0.2, 0.25) is 5.88 Å². The van der Waals surface area contributed by atoms with Gasteiger partial charge in [-0.2, -0.15) is 0 Å². The second kappa shape index (κ2) is 7.95. The molecule has 0 bridgehead atoms. The number of halogens is 4. The van der Waals surface area contributed by atoms with Crippen molar-refractivity contribution >= 4 is 41.0 Å². The molecule has 3 aromatic rings. The van der Waals surface area contributed by atoms with Crippen LogP contribution in [0.25, 0.3) is 11.3 Å². The molecule has 0 unspecified atom stereocenters. The third-order valence-corrected chi connectivity index (χ3v) is 4.31. The van der Waals surface area contributed by atoms with Crippen LogP contribution in [0.3, 0.4) is 0 Å². The van der Waals surface area contributed by atoms with Gasteiger partial charge in [-0.15, -0.1) is 0 Å². The number of hydrogen-bond acceptors (Lipinski definition) is 5. The van der Waals surface area contributed by atoms with Crippen LogP contribution in [0.2, 0.25) is 10.0 Å². The van der Waals surface area contributed by atoms with E-state index in [2.05, 4.69) is 10.5 Å². The van der Waals surface area contributed by atoms with Gasteiger partial charge in [-0.1, -0.05) is 34.4 Å². The number of aromatic nitrogens is 1. The number of esters is 1. The van der Waals surface area contributed by atoms with Crippen molar-refractivity contribution in [3.05, 3.63) is 69.2 Å². The molecular formula is C18H10Cl2F2N2O4. The van der Waals surface area contributed by atoms with Gasteiger partial charge in [0.05, 0.1) is 22.7 Å². The Morgan fingerprint density at radius 1 is 1.14 bits per heavy atom. The minimum Gasteiger partial charge on any atom is -0.465 e. The molecule has 1 heterocycles. The van der Waals surface area contributed by atoms with Crippen molar-refractivity contribution in [2.45, 2.75) is 0 Å². The van der Waals surface area contributed by atoms with Crippen LogP contribution in [0.5, 0.6) is 0 Å². The molecule has 0 saturated heterocycles. The number of nitrogens with one attached hydrogen (secondary N) is 1. The topological polar surface area (TPSA) is 81.4 Å². The highest BCUT2D eigenvalue weighted by Gasteiger charge is 2.29. The molecule has 144 valence electrons. The van der Waals surface area contributed by atoms with E-state index >= 15 is 0 Å². The maximum Gasteiger partial charge on any atom is 0.345 e. The van der Waals surface area contributed by atoms with E-state index in [1.807, 2.05) is 0 Å². The number of hydrogen-bond donors (Lipinski definition) is 1. The summed E-state index contributed by atoms with van der Waals surface area (Å²) in [7, 11) is 1.11. The predicted octanol–water partition coefficient (Wildman–Crippen LogP) is 4.97. The first-order chi connectivity index (χ1) is 13.3. The summed E-state index contributed by atoms with van der Waals surface area (Å²) >= 11 is 12.3. The van der Waals surface area contributed by atoms with Crippen molar-refractivity contribution in [1.82, 2.24) is 5.16 Å². The Kier molecular flexibility index (Phi) is 5.62. The minimum atomic E-state index is -1.09. The molecule has 0 aliphatic carbocycles. The zero-order valence-corrected chi connectivity index (χ0v) is 15.6. The number of rotatable bonds is 4. The molecule has 6 nitrogen and oxygen atoms in total. The summed E-state index contributed by atoms with van der Waals surface area (Å²) in [6.45, 7) is 0. The molecule has 0 saturated carbocycles. The molecule has 0 atom stereocenters. The summed E-state index contributed by atoms with van der Waals surface area (Å²) < 4.78 is 36.6. The highest BCUT2D eigenvalue weighted by molar-refractivity contribution is 6.39. The van der Waals surface area contributed by atoms with E-state index in [1.54, 1.807) is 6.07 Å². The number of amides is 1. The largest absolute Gasteiger partial charge is 0.465 e. The monoisotopic (exact) mass is 426 g/mol. The van der Waals surface area contributed by atoms with E-state index in [-0.39, 0.29) is 26.9 Å². The van der Waals surface area contributed by atoms with Gasteiger partial charge >= 0.3 is 5.97 Å². The van der Waals surface area contributed by atoms with Gasteiger partial charge in [0.25, 0.3) is 5.91 Å². The second-order valence-electron chi connectivity index (χ2n) is 5.40. The van der Waals surface area contributed by atoms with Crippen LogP contribution >= 0.6 is 23.2 Å². The van der Waals surface area contributed by atoms with Gasteiger partial charge in [-0.3, -0.25) is 10.1 Å². The molecule has 0 spiro atoms. The lowest BCUT2D eigenvalue weighted by molar-refractivity contribution is 0.0602.